The van der Waals surface area contributed by atoms with Crippen molar-refractivity contribution in [2.24, 2.45) is 0 Å². The standard InChI is InChI=1S/C14H18N2O4S/c1-16(2)14(18)9-10-15-21(19,20)13-7-5-12(6-8-13)4-3-11-17/h5-8,15,17H,9-11H2,1-2H3. The molecule has 0 heterocycles. The van der Waals surface area contributed by atoms with Gasteiger partial charge < -0.3 is 10.0 Å². The zero-order valence-corrected chi connectivity index (χ0v) is 12.8. The first-order valence-electron chi connectivity index (χ1n) is 6.26. The van der Waals surface area contributed by atoms with Crippen LogP contribution in [0.3, 0.4) is 0 Å². The molecule has 0 aromatic heterocycles. The maximum absolute atomic E-state index is 12.0. The monoisotopic (exact) mass is 310 g/mol. The Balaban J connectivity index is 2.68. The second-order valence-electron chi connectivity index (χ2n) is 4.42. The average Bonchev–Trinajstić information content (AvgIpc) is 2.45. The number of rotatable bonds is 5. The van der Waals surface area contributed by atoms with E-state index in [4.69, 9.17) is 5.11 Å². The summed E-state index contributed by atoms with van der Waals surface area (Å²) in [6.07, 6.45) is 0.103. The van der Waals surface area contributed by atoms with Crippen LogP contribution in [0.5, 0.6) is 0 Å². The lowest BCUT2D eigenvalue weighted by molar-refractivity contribution is -0.128. The molecule has 1 aromatic carbocycles. The molecule has 21 heavy (non-hydrogen) atoms. The number of nitrogens with zero attached hydrogens (tertiary/aromatic N) is 1. The van der Waals surface area contributed by atoms with E-state index >= 15 is 0 Å². The number of amides is 1. The molecule has 0 aliphatic heterocycles. The molecule has 6 nitrogen and oxygen atoms in total. The van der Waals surface area contributed by atoms with Gasteiger partial charge in [-0.05, 0) is 24.3 Å². The van der Waals surface area contributed by atoms with Crippen LogP contribution in [-0.2, 0) is 14.8 Å². The quantitative estimate of drug-likeness (QED) is 0.737. The minimum absolute atomic E-state index is 0.0470. The van der Waals surface area contributed by atoms with E-state index in [9.17, 15) is 13.2 Å². The fourth-order valence-electron chi connectivity index (χ4n) is 1.46. The highest BCUT2D eigenvalue weighted by Gasteiger charge is 2.14. The van der Waals surface area contributed by atoms with Gasteiger partial charge in [-0.15, -0.1) is 0 Å². The third-order valence-corrected chi connectivity index (χ3v) is 4.08. The highest BCUT2D eigenvalue weighted by Crippen LogP contribution is 2.09. The molecule has 1 amide bonds. The predicted octanol–water partition coefficient (Wildman–Crippen LogP) is -0.213. The lowest BCUT2D eigenvalue weighted by Crippen LogP contribution is -2.30. The molecule has 0 atom stereocenters. The molecular formula is C14H18N2O4S. The Morgan fingerprint density at radius 1 is 1.29 bits per heavy atom. The summed E-state index contributed by atoms with van der Waals surface area (Å²) in [5.41, 5.74) is 0.616. The minimum Gasteiger partial charge on any atom is -0.384 e. The Kier molecular flexibility index (Phi) is 6.37. The highest BCUT2D eigenvalue weighted by molar-refractivity contribution is 7.89. The Hall–Kier alpha value is -1.88. The Labute approximate surface area is 124 Å². The highest BCUT2D eigenvalue weighted by atomic mass is 32.2. The number of aliphatic hydroxyl groups is 1. The first-order valence-corrected chi connectivity index (χ1v) is 7.75. The van der Waals surface area contributed by atoms with E-state index in [0.717, 1.165) is 0 Å². The van der Waals surface area contributed by atoms with E-state index in [-0.39, 0.29) is 30.4 Å². The van der Waals surface area contributed by atoms with Crippen molar-refractivity contribution in [1.29, 1.82) is 0 Å². The van der Waals surface area contributed by atoms with Crippen LogP contribution in [0, 0.1) is 11.8 Å². The van der Waals surface area contributed by atoms with Crippen molar-refractivity contribution in [2.45, 2.75) is 11.3 Å². The lowest BCUT2D eigenvalue weighted by atomic mass is 10.2. The zero-order chi connectivity index (χ0) is 15.9. The molecule has 2 N–H and O–H groups in total. The summed E-state index contributed by atoms with van der Waals surface area (Å²) in [6, 6.07) is 5.97. The molecule has 0 spiro atoms. The van der Waals surface area contributed by atoms with Crippen LogP contribution in [0.15, 0.2) is 29.2 Å². The topological polar surface area (TPSA) is 86.7 Å². The van der Waals surface area contributed by atoms with Crippen molar-refractivity contribution < 1.29 is 18.3 Å². The molecule has 0 saturated carbocycles. The van der Waals surface area contributed by atoms with Gasteiger partial charge in [-0.25, -0.2) is 13.1 Å². The lowest BCUT2D eigenvalue weighted by Gasteiger charge is -2.11. The van der Waals surface area contributed by atoms with Crippen molar-refractivity contribution in [3.8, 4) is 11.8 Å². The van der Waals surface area contributed by atoms with Gasteiger partial charge in [0.05, 0.1) is 4.90 Å². The summed E-state index contributed by atoms with van der Waals surface area (Å²) in [7, 11) is -0.409. The van der Waals surface area contributed by atoms with E-state index in [0.29, 0.717) is 5.56 Å². The van der Waals surface area contributed by atoms with Crippen LogP contribution < -0.4 is 4.72 Å². The van der Waals surface area contributed by atoms with Crippen LogP contribution in [0.1, 0.15) is 12.0 Å². The van der Waals surface area contributed by atoms with Crippen LogP contribution in [-0.4, -0.2) is 51.6 Å². The van der Waals surface area contributed by atoms with Crippen molar-refractivity contribution in [1.82, 2.24) is 9.62 Å². The summed E-state index contributed by atoms with van der Waals surface area (Å²) in [4.78, 5) is 12.9. The number of nitrogens with one attached hydrogen (secondary N) is 1. The molecule has 0 aliphatic rings. The molecule has 0 fully saturated rings. The minimum atomic E-state index is -3.64. The Morgan fingerprint density at radius 2 is 1.90 bits per heavy atom. The van der Waals surface area contributed by atoms with Gasteiger partial charge in [-0.2, -0.15) is 0 Å². The number of sulfonamides is 1. The molecule has 114 valence electrons. The van der Waals surface area contributed by atoms with Gasteiger partial charge in [0.2, 0.25) is 15.9 Å². The third kappa shape index (κ3) is 5.55. The molecule has 1 aromatic rings. The predicted molar refractivity (Wildman–Crippen MR) is 78.9 cm³/mol. The fourth-order valence-corrected chi connectivity index (χ4v) is 2.49. The van der Waals surface area contributed by atoms with Crippen LogP contribution in [0.2, 0.25) is 0 Å². The van der Waals surface area contributed by atoms with E-state index < -0.39 is 10.0 Å². The summed E-state index contributed by atoms with van der Waals surface area (Å²) < 4.78 is 26.4. The smallest absolute Gasteiger partial charge is 0.240 e. The SMILES string of the molecule is CN(C)C(=O)CCNS(=O)(=O)c1ccc(C#CCO)cc1. The molecule has 1 rings (SSSR count). The fraction of sp³-hybridized carbons (Fsp3) is 0.357. The number of hydrogen-bond acceptors (Lipinski definition) is 4. The van der Waals surface area contributed by atoms with Crippen molar-refractivity contribution in [2.75, 3.05) is 27.2 Å². The largest absolute Gasteiger partial charge is 0.384 e. The normalized spacial score (nSPS) is 10.6. The van der Waals surface area contributed by atoms with Crippen LogP contribution >= 0.6 is 0 Å². The Bertz CT molecular complexity index is 640. The maximum atomic E-state index is 12.0. The molecule has 0 saturated heterocycles. The number of benzene rings is 1. The zero-order valence-electron chi connectivity index (χ0n) is 12.0. The van der Waals surface area contributed by atoms with Crippen molar-refractivity contribution in [3.05, 3.63) is 29.8 Å². The van der Waals surface area contributed by atoms with Crippen LogP contribution in [0.25, 0.3) is 0 Å². The number of carbonyl (C=O) groups excluding carboxylic acids is 1. The van der Waals surface area contributed by atoms with Crippen LogP contribution in [0.4, 0.5) is 0 Å². The van der Waals surface area contributed by atoms with Gasteiger partial charge in [0.15, 0.2) is 0 Å². The molecule has 0 radical (unpaired) electrons. The van der Waals surface area contributed by atoms with E-state index in [2.05, 4.69) is 16.6 Å². The van der Waals surface area contributed by atoms with Gasteiger partial charge >= 0.3 is 0 Å². The van der Waals surface area contributed by atoms with Gasteiger partial charge in [0.25, 0.3) is 0 Å². The summed E-state index contributed by atoms with van der Waals surface area (Å²) >= 11 is 0. The molecule has 7 heteroatoms. The van der Waals surface area contributed by atoms with E-state index in [1.165, 1.54) is 17.0 Å². The summed E-state index contributed by atoms with van der Waals surface area (Å²) in [5.74, 6) is 5.01. The second kappa shape index (κ2) is 7.78. The maximum Gasteiger partial charge on any atom is 0.240 e. The van der Waals surface area contributed by atoms with Crippen molar-refractivity contribution in [3.63, 3.8) is 0 Å². The summed E-state index contributed by atoms with van der Waals surface area (Å²) in [6.45, 7) is -0.201. The van der Waals surface area contributed by atoms with Gasteiger partial charge in [0, 0.05) is 32.6 Å². The molecule has 0 aliphatic carbocycles. The average molecular weight is 310 g/mol. The first-order chi connectivity index (χ1) is 9.86. The molecule has 0 bridgehead atoms. The van der Waals surface area contributed by atoms with Crippen molar-refractivity contribution >= 4 is 15.9 Å². The van der Waals surface area contributed by atoms with Gasteiger partial charge in [-0.3, -0.25) is 4.79 Å². The second-order valence-corrected chi connectivity index (χ2v) is 6.19. The number of aliphatic hydroxyl groups excluding tert-OH is 1. The molecule has 0 unspecified atom stereocenters. The number of carbonyl (C=O) groups is 1. The first kappa shape index (κ1) is 17.2. The van der Waals surface area contributed by atoms with Gasteiger partial charge in [0.1, 0.15) is 6.61 Å². The third-order valence-electron chi connectivity index (χ3n) is 2.61. The Morgan fingerprint density at radius 3 is 2.43 bits per heavy atom. The summed E-state index contributed by atoms with van der Waals surface area (Å²) in [5, 5.41) is 8.58. The van der Waals surface area contributed by atoms with Gasteiger partial charge in [-0.1, -0.05) is 11.8 Å². The van der Waals surface area contributed by atoms with E-state index in [1.807, 2.05) is 0 Å². The molecular weight excluding hydrogens is 292 g/mol. The number of hydrogen-bond donors (Lipinski definition) is 2. The van der Waals surface area contributed by atoms with E-state index in [1.54, 1.807) is 26.2 Å².